The van der Waals surface area contributed by atoms with E-state index in [9.17, 15) is 19.6 Å². The Balaban J connectivity index is 1.34. The van der Waals surface area contributed by atoms with Gasteiger partial charge in [-0.25, -0.2) is 18.9 Å². The molecule has 46 heavy (non-hydrogen) atoms. The van der Waals surface area contributed by atoms with Crippen molar-refractivity contribution in [1.29, 1.82) is 0 Å². The molecule has 4 aliphatic rings. The molecule has 1 aromatic carbocycles. The Kier molecular flexibility index (Phi) is 10.2. The van der Waals surface area contributed by atoms with Crippen LogP contribution in [-0.2, 0) is 28.1 Å². The van der Waals surface area contributed by atoms with Crippen LogP contribution in [0.3, 0.4) is 0 Å². The van der Waals surface area contributed by atoms with Crippen molar-refractivity contribution in [2.24, 2.45) is 15.0 Å². The lowest BCUT2D eigenvalue weighted by molar-refractivity contribution is -0.208. The van der Waals surface area contributed by atoms with Gasteiger partial charge in [-0.1, -0.05) is 30.5 Å². The van der Waals surface area contributed by atoms with Crippen molar-refractivity contribution in [1.82, 2.24) is 9.99 Å². The number of rotatable bonds is 11. The van der Waals surface area contributed by atoms with Crippen LogP contribution in [0.2, 0.25) is 0 Å². The van der Waals surface area contributed by atoms with Crippen molar-refractivity contribution in [3.05, 3.63) is 30.3 Å². The topological polar surface area (TPSA) is 173 Å². The average Bonchev–Trinajstić information content (AvgIpc) is 3.54. The first-order valence-corrected chi connectivity index (χ1v) is 16.7. The molecule has 3 heterocycles. The van der Waals surface area contributed by atoms with Crippen molar-refractivity contribution in [2.75, 3.05) is 13.2 Å². The Morgan fingerprint density at radius 2 is 2.02 bits per heavy atom. The highest BCUT2D eigenvalue weighted by Gasteiger charge is 2.67. The van der Waals surface area contributed by atoms with Crippen molar-refractivity contribution in [3.63, 3.8) is 0 Å². The van der Waals surface area contributed by atoms with E-state index >= 15 is 4.39 Å². The number of hydrogen-bond acceptors (Lipinski definition) is 13. The molecule has 1 saturated carbocycles. The number of para-hydroxylation sites is 1. The van der Waals surface area contributed by atoms with Gasteiger partial charge in [-0.05, 0) is 58.6 Å². The first-order valence-electron chi connectivity index (χ1n) is 15.2. The fraction of sp³-hybridized carbons (Fsp3) is 0.600. The van der Waals surface area contributed by atoms with Gasteiger partial charge < -0.3 is 33.8 Å². The Morgan fingerprint density at radius 3 is 2.70 bits per heavy atom. The number of nitrogens with zero attached hydrogens (tertiary/aromatic N) is 4. The molecule has 0 spiro atoms. The number of fused-ring (bicyclic) bond motifs is 1. The zero-order chi connectivity index (χ0) is 33.1. The van der Waals surface area contributed by atoms with Crippen molar-refractivity contribution in [3.8, 4) is 18.1 Å². The van der Waals surface area contributed by atoms with Crippen LogP contribution in [0.5, 0.6) is 5.75 Å². The van der Waals surface area contributed by atoms with Gasteiger partial charge in [-0.15, -0.1) is 6.42 Å². The number of aliphatic hydroxyl groups is 2. The van der Waals surface area contributed by atoms with Crippen molar-refractivity contribution >= 4 is 31.8 Å². The number of nitrogens with one attached hydrogen (secondary N) is 1. The zero-order valence-corrected chi connectivity index (χ0v) is 26.7. The van der Waals surface area contributed by atoms with Crippen LogP contribution in [0, 0.1) is 12.3 Å². The normalized spacial score (nSPS) is 32.8. The van der Waals surface area contributed by atoms with E-state index in [4.69, 9.17) is 29.7 Å². The zero-order valence-electron chi connectivity index (χ0n) is 25.8. The van der Waals surface area contributed by atoms with Crippen LogP contribution in [0.1, 0.15) is 52.9 Å². The first-order chi connectivity index (χ1) is 21.9. The summed E-state index contributed by atoms with van der Waals surface area (Å²) in [5, 5.41) is 25.0. The number of esters is 1. The van der Waals surface area contributed by atoms with Crippen LogP contribution < -0.4 is 9.61 Å². The number of amidine groups is 1. The van der Waals surface area contributed by atoms with Gasteiger partial charge >= 0.3 is 13.7 Å². The van der Waals surface area contributed by atoms with Gasteiger partial charge in [-0.3, -0.25) is 14.3 Å². The predicted molar refractivity (Wildman–Crippen MR) is 165 cm³/mol. The molecule has 0 amide bonds. The summed E-state index contributed by atoms with van der Waals surface area (Å²) in [7, 11) is -4.58. The number of aliphatic imine (C=N–C) groups is 3. The molecule has 3 aliphatic heterocycles. The lowest BCUT2D eigenvalue weighted by Crippen LogP contribution is -2.57. The summed E-state index contributed by atoms with van der Waals surface area (Å²) < 4.78 is 58.4. The number of carbonyl (C=O) groups excluding carboxylic acids is 1. The minimum Gasteiger partial charge on any atom is -0.479 e. The largest absolute Gasteiger partial charge is 0.479 e. The van der Waals surface area contributed by atoms with Gasteiger partial charge in [0.2, 0.25) is 11.5 Å². The Hall–Kier alpha value is -3.38. The van der Waals surface area contributed by atoms with Crippen LogP contribution in [-0.4, -0.2) is 101 Å². The molecule has 3 N–H and O–H groups in total. The van der Waals surface area contributed by atoms with Gasteiger partial charge in [0, 0.05) is 0 Å². The van der Waals surface area contributed by atoms with Gasteiger partial charge in [-0.2, -0.15) is 5.09 Å². The SMILES string of the molecule is C#C[C@]1(O)[C@H](N2C=NC3C(OCC)=NC(C)=NC32)O[C@](F)(COP(=O)(NC(C)C(=O)OC2CCCCC2)Oc2ccccc2)[C@H]1O. The standard InChI is InChI=1S/C30H39FN5O9P/c1-5-29(39)27(38)30(31,44-28(29)36-18-32-23-24(36)33-20(4)34-25(23)41-6-2)17-42-46(40,45-22-15-11-8-12-16-22)35-19(3)26(37)43-21-13-9-7-10-14-21/h1,8,11-12,15-16,18-19,21,23-24,27-28,38-39H,6-7,9-10,13-14,17H2,2-4H3,(H,35,40)/t19?,23?,24?,27-,28+,29+,30+,46?/m0/s1. The molecule has 14 nitrogen and oxygen atoms in total. The monoisotopic (exact) mass is 663 g/mol. The second kappa shape index (κ2) is 13.8. The molecule has 1 aromatic rings. The summed E-state index contributed by atoms with van der Waals surface area (Å²) >= 11 is 0. The minimum atomic E-state index is -4.58. The highest BCUT2D eigenvalue weighted by molar-refractivity contribution is 7.52. The fourth-order valence-corrected chi connectivity index (χ4v) is 7.18. The smallest absolute Gasteiger partial charge is 0.459 e. The van der Waals surface area contributed by atoms with E-state index in [-0.39, 0.29) is 17.8 Å². The molecule has 1 aliphatic carbocycles. The van der Waals surface area contributed by atoms with Crippen LogP contribution >= 0.6 is 7.75 Å². The highest BCUT2D eigenvalue weighted by Crippen LogP contribution is 2.49. The predicted octanol–water partition coefficient (Wildman–Crippen LogP) is 2.70. The van der Waals surface area contributed by atoms with Crippen LogP contribution in [0.4, 0.5) is 4.39 Å². The Labute approximate surface area is 266 Å². The molecule has 4 unspecified atom stereocenters. The summed E-state index contributed by atoms with van der Waals surface area (Å²) in [5.74, 6) is -1.20. The molecule has 5 rings (SSSR count). The molecule has 1 saturated heterocycles. The number of carbonyl (C=O) groups is 1. The summed E-state index contributed by atoms with van der Waals surface area (Å²) in [6, 6.07) is 5.96. The molecular weight excluding hydrogens is 624 g/mol. The van der Waals surface area contributed by atoms with E-state index < -0.39 is 62.4 Å². The molecule has 8 atom stereocenters. The van der Waals surface area contributed by atoms with E-state index in [1.807, 2.05) is 5.92 Å². The molecule has 16 heteroatoms. The number of alkyl halides is 1. The van der Waals surface area contributed by atoms with Crippen LogP contribution in [0.15, 0.2) is 45.3 Å². The molecule has 250 valence electrons. The van der Waals surface area contributed by atoms with Crippen LogP contribution in [0.25, 0.3) is 0 Å². The second-order valence-electron chi connectivity index (χ2n) is 11.5. The minimum absolute atomic E-state index is 0.0848. The third-order valence-electron chi connectivity index (χ3n) is 8.04. The lowest BCUT2D eigenvalue weighted by Gasteiger charge is -2.35. The Bertz CT molecular complexity index is 1450. The molecule has 0 bridgehead atoms. The average molecular weight is 664 g/mol. The molecular formula is C30H39FN5O9P. The fourth-order valence-electron chi connectivity index (χ4n) is 5.67. The first kappa shape index (κ1) is 34.0. The summed E-state index contributed by atoms with van der Waals surface area (Å²) in [6.45, 7) is 3.88. The number of aliphatic hydroxyl groups excluding tert-OH is 1. The quantitative estimate of drug-likeness (QED) is 0.181. The maximum absolute atomic E-state index is 16.6. The maximum Gasteiger partial charge on any atom is 0.459 e. The number of halogens is 1. The van der Waals surface area contributed by atoms with E-state index in [0.717, 1.165) is 32.1 Å². The molecule has 2 fully saturated rings. The number of ether oxygens (including phenoxy) is 3. The summed E-state index contributed by atoms with van der Waals surface area (Å²) in [5.41, 5.74) is -2.64. The lowest BCUT2D eigenvalue weighted by atomic mass is 9.93. The van der Waals surface area contributed by atoms with Gasteiger partial charge in [0.25, 0.3) is 5.85 Å². The van der Waals surface area contributed by atoms with Crippen molar-refractivity contribution in [2.45, 2.75) is 101 Å². The van der Waals surface area contributed by atoms with E-state index in [0.29, 0.717) is 12.4 Å². The molecule has 0 radical (unpaired) electrons. The van der Waals surface area contributed by atoms with Gasteiger partial charge in [0.1, 0.15) is 30.3 Å². The Morgan fingerprint density at radius 1 is 1.30 bits per heavy atom. The van der Waals surface area contributed by atoms with E-state index in [1.54, 1.807) is 32.0 Å². The highest BCUT2D eigenvalue weighted by atomic mass is 31.2. The second-order valence-corrected chi connectivity index (χ2v) is 13.2. The number of benzene rings is 1. The van der Waals surface area contributed by atoms with Gasteiger partial charge in [0.05, 0.1) is 12.9 Å². The maximum atomic E-state index is 16.6. The summed E-state index contributed by atoms with van der Waals surface area (Å²) in [6.07, 6.45) is 5.98. The van der Waals surface area contributed by atoms with E-state index in [1.165, 1.54) is 30.3 Å². The van der Waals surface area contributed by atoms with E-state index in [2.05, 4.69) is 20.1 Å². The molecule has 0 aromatic heterocycles. The third-order valence-corrected chi connectivity index (χ3v) is 9.66. The third kappa shape index (κ3) is 6.97. The van der Waals surface area contributed by atoms with Gasteiger partial charge in [0.15, 0.2) is 24.5 Å². The number of terminal acetylenes is 1. The summed E-state index contributed by atoms with van der Waals surface area (Å²) in [4.78, 5) is 27.2. The number of hydrogen-bond donors (Lipinski definition) is 3. The van der Waals surface area contributed by atoms with Crippen molar-refractivity contribution < 1.29 is 47.2 Å².